The number of thiazole rings is 1. The molecule has 2 aromatic rings. The van der Waals surface area contributed by atoms with Crippen LogP contribution in [-0.2, 0) is 4.79 Å². The number of aliphatic carboxylic acids is 1. The fourth-order valence-electron chi connectivity index (χ4n) is 2.63. The molecule has 25 heavy (non-hydrogen) atoms. The van der Waals surface area contributed by atoms with Crippen LogP contribution in [0.3, 0.4) is 0 Å². The zero-order valence-corrected chi connectivity index (χ0v) is 15.2. The number of carboxylic acid groups (broad SMARTS) is 1. The summed E-state index contributed by atoms with van der Waals surface area (Å²) in [7, 11) is 0. The van der Waals surface area contributed by atoms with E-state index in [4.69, 9.17) is 12.2 Å². The van der Waals surface area contributed by atoms with E-state index in [9.17, 15) is 15.0 Å². The molecule has 2 N–H and O–H groups in total. The molecule has 8 heteroatoms. The summed E-state index contributed by atoms with van der Waals surface area (Å²) >= 11 is 6.44. The van der Waals surface area contributed by atoms with Crippen molar-refractivity contribution in [2.75, 3.05) is 0 Å². The topological polar surface area (TPSA) is 87.2 Å². The molecular formula is C17H17N3O3S2. The molecule has 0 saturated heterocycles. The maximum Gasteiger partial charge on any atom is 0.326 e. The molecule has 0 radical (unpaired) electrons. The minimum Gasteiger partial charge on any atom is -0.493 e. The maximum absolute atomic E-state index is 11.6. The van der Waals surface area contributed by atoms with Crippen LogP contribution in [0.25, 0.3) is 6.08 Å². The number of hydrogen-bond donors (Lipinski definition) is 2. The van der Waals surface area contributed by atoms with Crippen molar-refractivity contribution in [1.29, 1.82) is 0 Å². The van der Waals surface area contributed by atoms with Crippen LogP contribution in [0, 0.1) is 3.95 Å². The average molecular weight is 375 g/mol. The van der Waals surface area contributed by atoms with Crippen molar-refractivity contribution in [3.05, 3.63) is 49.6 Å². The van der Waals surface area contributed by atoms with Gasteiger partial charge < -0.3 is 10.2 Å². The number of para-hydroxylation sites is 2. The molecule has 0 saturated carbocycles. The first-order valence-electron chi connectivity index (χ1n) is 7.92. The fourth-order valence-corrected chi connectivity index (χ4v) is 3.97. The number of benzene rings is 1. The summed E-state index contributed by atoms with van der Waals surface area (Å²) in [6.07, 6.45) is 3.66. The summed E-state index contributed by atoms with van der Waals surface area (Å²) < 4.78 is 1.63. The SMILES string of the molecule is CCCC[C@@H](C(=O)O)n1c(O)c(C=C2N=c3ccccc3=N2)sc1=S. The minimum atomic E-state index is -1.00. The number of carboxylic acids is 1. The lowest BCUT2D eigenvalue weighted by molar-refractivity contribution is -0.141. The molecule has 1 aliphatic rings. The van der Waals surface area contributed by atoms with Crippen molar-refractivity contribution in [1.82, 2.24) is 4.57 Å². The van der Waals surface area contributed by atoms with Crippen LogP contribution in [0.15, 0.2) is 40.1 Å². The van der Waals surface area contributed by atoms with Gasteiger partial charge in [-0.2, -0.15) is 0 Å². The van der Waals surface area contributed by atoms with Crippen LogP contribution in [0.4, 0.5) is 0 Å². The third kappa shape index (κ3) is 3.54. The second-order valence-electron chi connectivity index (χ2n) is 5.64. The lowest BCUT2D eigenvalue weighted by Crippen LogP contribution is -2.19. The second-order valence-corrected chi connectivity index (χ2v) is 7.31. The van der Waals surface area contributed by atoms with Crippen LogP contribution < -0.4 is 10.7 Å². The Morgan fingerprint density at radius 3 is 2.56 bits per heavy atom. The maximum atomic E-state index is 11.6. The fraction of sp³-hybridized carbons (Fsp3) is 0.294. The zero-order valence-electron chi connectivity index (χ0n) is 13.5. The van der Waals surface area contributed by atoms with E-state index < -0.39 is 12.0 Å². The van der Waals surface area contributed by atoms with Gasteiger partial charge in [0.15, 0.2) is 9.78 Å². The van der Waals surface area contributed by atoms with Crippen LogP contribution >= 0.6 is 23.6 Å². The van der Waals surface area contributed by atoms with Gasteiger partial charge in [-0.25, -0.2) is 14.8 Å². The smallest absolute Gasteiger partial charge is 0.326 e. The summed E-state index contributed by atoms with van der Waals surface area (Å²) in [4.78, 5) is 20.8. The first kappa shape index (κ1) is 17.5. The molecule has 0 unspecified atom stereocenters. The van der Waals surface area contributed by atoms with Crippen molar-refractivity contribution >= 4 is 35.6 Å². The van der Waals surface area contributed by atoms with E-state index in [0.29, 0.717) is 21.1 Å². The number of unbranched alkanes of at least 4 members (excludes halogenated alkanes) is 1. The van der Waals surface area contributed by atoms with Crippen molar-refractivity contribution in [3.63, 3.8) is 0 Å². The lowest BCUT2D eigenvalue weighted by Gasteiger charge is -2.14. The number of fused-ring (bicyclic) bond motifs is 1. The monoisotopic (exact) mass is 375 g/mol. The molecule has 1 aromatic heterocycles. The highest BCUT2D eigenvalue weighted by Gasteiger charge is 2.25. The molecule has 2 heterocycles. The van der Waals surface area contributed by atoms with Crippen LogP contribution in [-0.4, -0.2) is 20.7 Å². The van der Waals surface area contributed by atoms with Crippen LogP contribution in [0.5, 0.6) is 5.88 Å². The molecule has 1 aromatic carbocycles. The zero-order chi connectivity index (χ0) is 18.0. The normalized spacial score (nSPS) is 13.7. The molecular weight excluding hydrogens is 358 g/mol. The van der Waals surface area contributed by atoms with Gasteiger partial charge in [0.25, 0.3) is 0 Å². The first-order valence-corrected chi connectivity index (χ1v) is 9.15. The Hall–Kier alpha value is -2.32. The van der Waals surface area contributed by atoms with E-state index in [2.05, 4.69) is 9.98 Å². The summed E-state index contributed by atoms with van der Waals surface area (Å²) in [6.45, 7) is 1.99. The van der Waals surface area contributed by atoms with E-state index in [1.54, 1.807) is 6.08 Å². The summed E-state index contributed by atoms with van der Waals surface area (Å²) in [5.74, 6) is -0.688. The van der Waals surface area contributed by atoms with E-state index in [1.165, 1.54) is 4.57 Å². The number of carbonyl (C=O) groups is 1. The van der Waals surface area contributed by atoms with E-state index in [0.717, 1.165) is 34.9 Å². The molecule has 0 amide bonds. The Balaban J connectivity index is 2.00. The van der Waals surface area contributed by atoms with E-state index in [1.807, 2.05) is 31.2 Å². The highest BCUT2D eigenvalue weighted by atomic mass is 32.1. The molecule has 1 atom stereocenters. The minimum absolute atomic E-state index is 0.146. The van der Waals surface area contributed by atoms with E-state index in [-0.39, 0.29) is 5.88 Å². The molecule has 3 rings (SSSR count). The predicted molar refractivity (Wildman–Crippen MR) is 97.7 cm³/mol. The molecule has 0 aliphatic carbocycles. The largest absolute Gasteiger partial charge is 0.493 e. The molecule has 0 fully saturated rings. The second kappa shape index (κ2) is 7.28. The quantitative estimate of drug-likeness (QED) is 0.760. The van der Waals surface area contributed by atoms with Crippen LogP contribution in [0.2, 0.25) is 0 Å². The molecule has 0 bridgehead atoms. The molecule has 130 valence electrons. The lowest BCUT2D eigenvalue weighted by atomic mass is 10.1. The van der Waals surface area contributed by atoms with Gasteiger partial charge in [-0.05, 0) is 30.8 Å². The highest BCUT2D eigenvalue weighted by molar-refractivity contribution is 7.73. The summed E-state index contributed by atoms with van der Waals surface area (Å²) in [5.41, 5.74) is 0. The van der Waals surface area contributed by atoms with Crippen molar-refractivity contribution in [2.45, 2.75) is 32.2 Å². The van der Waals surface area contributed by atoms with Gasteiger partial charge in [0.1, 0.15) is 6.04 Å². The Morgan fingerprint density at radius 2 is 2.00 bits per heavy atom. The summed E-state index contributed by atoms with van der Waals surface area (Å²) in [5, 5.41) is 21.5. The van der Waals surface area contributed by atoms with E-state index >= 15 is 0 Å². The number of aromatic hydroxyl groups is 1. The van der Waals surface area contributed by atoms with Gasteiger partial charge in [-0.15, -0.1) is 11.3 Å². The van der Waals surface area contributed by atoms with Crippen molar-refractivity contribution < 1.29 is 15.0 Å². The van der Waals surface area contributed by atoms with Gasteiger partial charge in [0.05, 0.1) is 15.6 Å². The number of aromatic nitrogens is 1. The Kier molecular flexibility index (Phi) is 5.10. The Morgan fingerprint density at radius 1 is 1.36 bits per heavy atom. The number of nitrogens with zero attached hydrogens (tertiary/aromatic N) is 3. The van der Waals surface area contributed by atoms with Crippen molar-refractivity contribution in [3.8, 4) is 5.88 Å². The Bertz CT molecular complexity index is 983. The molecule has 0 spiro atoms. The van der Waals surface area contributed by atoms with Gasteiger partial charge in [0.2, 0.25) is 5.88 Å². The first-order chi connectivity index (χ1) is 12.0. The van der Waals surface area contributed by atoms with Crippen LogP contribution in [0.1, 0.15) is 37.1 Å². The Labute approximate surface area is 153 Å². The third-order valence-corrected chi connectivity index (χ3v) is 5.22. The van der Waals surface area contributed by atoms with Crippen molar-refractivity contribution in [2.24, 2.45) is 9.98 Å². The molecule has 1 aliphatic heterocycles. The number of hydrogen-bond acceptors (Lipinski definition) is 6. The average Bonchev–Trinajstić information content (AvgIpc) is 3.10. The van der Waals surface area contributed by atoms with Gasteiger partial charge >= 0.3 is 5.97 Å². The molecule has 6 nitrogen and oxygen atoms in total. The summed E-state index contributed by atoms with van der Waals surface area (Å²) in [6, 6.07) is 6.61. The van der Waals surface area contributed by atoms with Gasteiger partial charge in [-0.1, -0.05) is 31.9 Å². The van der Waals surface area contributed by atoms with Gasteiger partial charge in [-0.3, -0.25) is 4.57 Å². The standard InChI is InChI=1S/C17H17N3O3S2/c1-2-3-8-12(16(22)23)20-15(21)13(25-17(20)24)9-14-18-10-6-4-5-7-11(10)19-14/h4-7,9,12,21H,2-3,8H2,1H3,(H,22,23)/t12-/m0/s1. The predicted octanol–water partition coefficient (Wildman–Crippen LogP) is 3.05. The van der Waals surface area contributed by atoms with Gasteiger partial charge in [0, 0.05) is 6.08 Å². The third-order valence-electron chi connectivity index (χ3n) is 3.88. The highest BCUT2D eigenvalue weighted by Crippen LogP contribution is 2.33. The number of rotatable bonds is 6.